The molecule has 2 aliphatic rings. The molecule has 3 heterocycles. The molecule has 1 atom stereocenters. The van der Waals surface area contributed by atoms with Crippen LogP contribution in [0.25, 0.3) is 0 Å². The Labute approximate surface area is 141 Å². The van der Waals surface area contributed by atoms with Gasteiger partial charge in [0.05, 0.1) is 19.1 Å². The molecule has 8 nitrogen and oxygen atoms in total. The van der Waals surface area contributed by atoms with Crippen LogP contribution in [0.5, 0.6) is 5.88 Å². The zero-order valence-corrected chi connectivity index (χ0v) is 14.3. The second-order valence-electron chi connectivity index (χ2n) is 6.47. The van der Waals surface area contributed by atoms with Gasteiger partial charge >= 0.3 is 0 Å². The first-order valence-electron chi connectivity index (χ1n) is 8.30. The molecule has 2 fully saturated rings. The van der Waals surface area contributed by atoms with E-state index in [1.807, 2.05) is 4.90 Å². The van der Waals surface area contributed by atoms with Crippen molar-refractivity contribution in [2.24, 2.45) is 5.41 Å². The summed E-state index contributed by atoms with van der Waals surface area (Å²) in [6, 6.07) is 1.77. The van der Waals surface area contributed by atoms with Crippen LogP contribution in [0.4, 0.5) is 11.8 Å². The van der Waals surface area contributed by atoms with E-state index in [0.29, 0.717) is 25.6 Å². The Kier molecular flexibility index (Phi) is 4.75. The lowest BCUT2D eigenvalue weighted by atomic mass is 9.78. The number of anilines is 2. The SMILES string of the molecule is COCCN1CCCC2(CCN(c3cc(OC)nc(N)n3)C2)C1=O. The van der Waals surface area contributed by atoms with Crippen LogP contribution in [0.2, 0.25) is 0 Å². The molecule has 0 aromatic carbocycles. The van der Waals surface area contributed by atoms with E-state index >= 15 is 0 Å². The van der Waals surface area contributed by atoms with Gasteiger partial charge in [0.25, 0.3) is 0 Å². The number of nitrogen functional groups attached to an aromatic ring is 1. The van der Waals surface area contributed by atoms with Gasteiger partial charge in [0.15, 0.2) is 0 Å². The topological polar surface area (TPSA) is 93.8 Å². The molecule has 132 valence electrons. The largest absolute Gasteiger partial charge is 0.481 e. The second-order valence-corrected chi connectivity index (χ2v) is 6.47. The Hall–Kier alpha value is -2.09. The predicted octanol–water partition coefficient (Wildman–Crippen LogP) is 0.533. The second kappa shape index (κ2) is 6.80. The van der Waals surface area contributed by atoms with Crippen molar-refractivity contribution in [3.63, 3.8) is 0 Å². The Morgan fingerprint density at radius 2 is 2.12 bits per heavy atom. The summed E-state index contributed by atoms with van der Waals surface area (Å²) in [7, 11) is 3.21. The van der Waals surface area contributed by atoms with Crippen LogP contribution in [0.1, 0.15) is 19.3 Å². The first-order chi connectivity index (χ1) is 11.6. The molecule has 1 unspecified atom stereocenters. The third kappa shape index (κ3) is 3.10. The quantitative estimate of drug-likeness (QED) is 0.839. The summed E-state index contributed by atoms with van der Waals surface area (Å²) in [6.07, 6.45) is 2.78. The van der Waals surface area contributed by atoms with E-state index in [4.69, 9.17) is 15.2 Å². The van der Waals surface area contributed by atoms with Gasteiger partial charge in [-0.05, 0) is 19.3 Å². The standard InChI is InChI=1S/C16H25N5O3/c1-23-9-8-20-6-3-4-16(14(20)22)5-7-21(11-16)12-10-13(24-2)19-15(17)18-12/h10H,3-9,11H2,1-2H3,(H2,17,18,19). The van der Waals surface area contributed by atoms with Crippen LogP contribution in [0.15, 0.2) is 6.07 Å². The molecular weight excluding hydrogens is 310 g/mol. The predicted molar refractivity (Wildman–Crippen MR) is 89.9 cm³/mol. The summed E-state index contributed by atoms with van der Waals surface area (Å²) in [5.41, 5.74) is 5.44. The minimum atomic E-state index is -0.320. The number of aromatic nitrogens is 2. The van der Waals surface area contributed by atoms with Crippen molar-refractivity contribution in [1.29, 1.82) is 0 Å². The van der Waals surface area contributed by atoms with Gasteiger partial charge in [-0.1, -0.05) is 0 Å². The summed E-state index contributed by atoms with van der Waals surface area (Å²) in [4.78, 5) is 25.3. The number of methoxy groups -OCH3 is 2. The first kappa shape index (κ1) is 16.8. The first-order valence-corrected chi connectivity index (χ1v) is 8.30. The fourth-order valence-electron chi connectivity index (χ4n) is 3.71. The zero-order valence-electron chi connectivity index (χ0n) is 14.3. The fraction of sp³-hybridized carbons (Fsp3) is 0.688. The monoisotopic (exact) mass is 335 g/mol. The molecule has 0 aliphatic carbocycles. The Bertz CT molecular complexity index is 611. The number of carbonyl (C=O) groups excluding carboxylic acids is 1. The average Bonchev–Trinajstić information content (AvgIpc) is 3.01. The van der Waals surface area contributed by atoms with Gasteiger partial charge in [-0.15, -0.1) is 0 Å². The van der Waals surface area contributed by atoms with Crippen molar-refractivity contribution in [3.05, 3.63) is 6.07 Å². The number of ether oxygens (including phenoxy) is 2. The van der Waals surface area contributed by atoms with Crippen molar-refractivity contribution in [2.45, 2.75) is 19.3 Å². The number of nitrogens with two attached hydrogens (primary N) is 1. The van der Waals surface area contributed by atoms with Crippen molar-refractivity contribution < 1.29 is 14.3 Å². The highest BCUT2D eigenvalue weighted by molar-refractivity contribution is 5.85. The third-order valence-corrected chi connectivity index (χ3v) is 4.98. The highest BCUT2D eigenvalue weighted by Crippen LogP contribution is 2.41. The van der Waals surface area contributed by atoms with Crippen LogP contribution in [-0.4, -0.2) is 67.8 Å². The maximum absolute atomic E-state index is 13.0. The number of likely N-dealkylation sites (tertiary alicyclic amines) is 1. The van der Waals surface area contributed by atoms with Crippen LogP contribution < -0.4 is 15.4 Å². The number of piperidine rings is 1. The molecule has 2 saturated heterocycles. The number of carbonyl (C=O) groups is 1. The van der Waals surface area contributed by atoms with E-state index in [-0.39, 0.29) is 17.3 Å². The summed E-state index contributed by atoms with van der Waals surface area (Å²) in [6.45, 7) is 3.49. The summed E-state index contributed by atoms with van der Waals surface area (Å²) in [5, 5.41) is 0. The van der Waals surface area contributed by atoms with Crippen LogP contribution in [0.3, 0.4) is 0 Å². The lowest BCUT2D eigenvalue weighted by Gasteiger charge is -2.39. The van der Waals surface area contributed by atoms with E-state index in [9.17, 15) is 4.79 Å². The highest BCUT2D eigenvalue weighted by atomic mass is 16.5. The van der Waals surface area contributed by atoms with Gasteiger partial charge in [0.1, 0.15) is 5.82 Å². The molecule has 2 N–H and O–H groups in total. The van der Waals surface area contributed by atoms with Gasteiger partial charge in [-0.2, -0.15) is 9.97 Å². The lowest BCUT2D eigenvalue weighted by molar-refractivity contribution is -0.145. The molecule has 0 saturated carbocycles. The maximum atomic E-state index is 13.0. The van der Waals surface area contributed by atoms with Crippen LogP contribution in [-0.2, 0) is 9.53 Å². The molecule has 1 amide bonds. The number of hydrogen-bond acceptors (Lipinski definition) is 7. The van der Waals surface area contributed by atoms with Crippen molar-refractivity contribution in [1.82, 2.24) is 14.9 Å². The Balaban J connectivity index is 1.76. The third-order valence-electron chi connectivity index (χ3n) is 4.98. The van der Waals surface area contributed by atoms with E-state index in [0.717, 1.165) is 38.2 Å². The van der Waals surface area contributed by atoms with Gasteiger partial charge < -0.3 is 25.0 Å². The highest BCUT2D eigenvalue weighted by Gasteiger charge is 2.48. The van der Waals surface area contributed by atoms with Crippen molar-refractivity contribution in [3.8, 4) is 5.88 Å². The van der Waals surface area contributed by atoms with Gasteiger partial charge in [-0.3, -0.25) is 4.79 Å². The normalized spacial score (nSPS) is 24.0. The molecule has 3 rings (SSSR count). The number of rotatable bonds is 5. The summed E-state index contributed by atoms with van der Waals surface area (Å²) < 4.78 is 10.3. The molecule has 1 aromatic rings. The smallest absolute Gasteiger partial charge is 0.230 e. The summed E-state index contributed by atoms with van der Waals surface area (Å²) >= 11 is 0. The van der Waals surface area contributed by atoms with E-state index in [1.165, 1.54) is 0 Å². The average molecular weight is 335 g/mol. The van der Waals surface area contributed by atoms with Crippen molar-refractivity contribution in [2.75, 3.05) is 57.6 Å². The van der Waals surface area contributed by atoms with Crippen LogP contribution >= 0.6 is 0 Å². The van der Waals surface area contributed by atoms with Gasteiger partial charge in [0, 0.05) is 39.4 Å². The van der Waals surface area contributed by atoms with E-state index in [1.54, 1.807) is 20.3 Å². The molecule has 24 heavy (non-hydrogen) atoms. The van der Waals surface area contributed by atoms with E-state index in [2.05, 4.69) is 14.9 Å². The zero-order chi connectivity index (χ0) is 17.2. The number of nitrogens with zero attached hydrogens (tertiary/aromatic N) is 4. The minimum absolute atomic E-state index is 0.182. The fourth-order valence-corrected chi connectivity index (χ4v) is 3.71. The molecule has 8 heteroatoms. The molecule has 1 spiro atoms. The molecule has 1 aromatic heterocycles. The molecule has 0 radical (unpaired) electrons. The Morgan fingerprint density at radius 1 is 1.29 bits per heavy atom. The summed E-state index contributed by atoms with van der Waals surface area (Å²) in [5.74, 6) is 1.58. The Morgan fingerprint density at radius 3 is 2.88 bits per heavy atom. The number of hydrogen-bond donors (Lipinski definition) is 1. The minimum Gasteiger partial charge on any atom is -0.481 e. The van der Waals surface area contributed by atoms with Crippen molar-refractivity contribution >= 4 is 17.7 Å². The molecule has 0 bridgehead atoms. The number of amides is 1. The van der Waals surface area contributed by atoms with Gasteiger partial charge in [0.2, 0.25) is 17.7 Å². The van der Waals surface area contributed by atoms with Gasteiger partial charge in [-0.25, -0.2) is 0 Å². The molecular formula is C16H25N5O3. The lowest BCUT2D eigenvalue weighted by Crippen LogP contribution is -2.51. The maximum Gasteiger partial charge on any atom is 0.230 e. The molecule has 2 aliphatic heterocycles. The van der Waals surface area contributed by atoms with Crippen LogP contribution in [0, 0.1) is 5.41 Å². The van der Waals surface area contributed by atoms with E-state index < -0.39 is 0 Å².